The van der Waals surface area contributed by atoms with Crippen molar-refractivity contribution in [3.05, 3.63) is 35.5 Å². The van der Waals surface area contributed by atoms with Crippen LogP contribution in [0.2, 0.25) is 0 Å². The highest BCUT2D eigenvalue weighted by atomic mass is 16.5. The maximum absolute atomic E-state index is 5.99. The van der Waals surface area contributed by atoms with Crippen molar-refractivity contribution in [2.24, 2.45) is 11.3 Å². The highest BCUT2D eigenvalue weighted by Gasteiger charge is 2.52. The van der Waals surface area contributed by atoms with Gasteiger partial charge in [0.1, 0.15) is 16.8 Å². The zero-order chi connectivity index (χ0) is 22.4. The van der Waals surface area contributed by atoms with Gasteiger partial charge in [0.15, 0.2) is 5.82 Å². The molecule has 3 aromatic rings. The van der Waals surface area contributed by atoms with E-state index in [0.717, 1.165) is 47.2 Å². The van der Waals surface area contributed by atoms with E-state index >= 15 is 0 Å². The molecule has 174 valence electrons. The number of nitrogens with two attached hydrogens (primary N) is 1. The van der Waals surface area contributed by atoms with E-state index in [1.54, 1.807) is 13.3 Å². The smallest absolute Gasteiger partial charge is 0.222 e. The first-order valence-corrected chi connectivity index (χ1v) is 12.2. The molecule has 3 fully saturated rings. The minimum absolute atomic E-state index is 0.276. The fourth-order valence-electron chi connectivity index (χ4n) is 5.46. The fourth-order valence-corrected chi connectivity index (χ4v) is 5.46. The van der Waals surface area contributed by atoms with Gasteiger partial charge in [0.05, 0.1) is 19.9 Å². The highest BCUT2D eigenvalue weighted by Crippen LogP contribution is 2.63. The molecule has 6 rings (SSSR count). The van der Waals surface area contributed by atoms with Gasteiger partial charge in [-0.2, -0.15) is 10.1 Å². The molecule has 0 unspecified atom stereocenters. The van der Waals surface area contributed by atoms with Gasteiger partial charge >= 0.3 is 0 Å². The number of rotatable bonds is 9. The molecule has 0 radical (unpaired) electrons. The summed E-state index contributed by atoms with van der Waals surface area (Å²) in [4.78, 5) is 8.93. The molecular weight excluding hydrogens is 414 g/mol. The van der Waals surface area contributed by atoms with Crippen molar-refractivity contribution in [2.45, 2.75) is 64.1 Å². The normalized spacial score (nSPS) is 19.4. The van der Waals surface area contributed by atoms with Gasteiger partial charge in [-0.3, -0.25) is 4.68 Å². The van der Waals surface area contributed by atoms with E-state index in [1.165, 1.54) is 50.5 Å². The first-order chi connectivity index (χ1) is 16.1. The van der Waals surface area contributed by atoms with E-state index in [1.807, 2.05) is 4.68 Å². The molecule has 1 aromatic carbocycles. The van der Waals surface area contributed by atoms with Crippen LogP contribution >= 0.6 is 0 Å². The molecule has 0 atom stereocenters. The maximum atomic E-state index is 5.99. The van der Waals surface area contributed by atoms with Gasteiger partial charge in [0, 0.05) is 24.7 Å². The van der Waals surface area contributed by atoms with Crippen LogP contribution in [0, 0.1) is 11.3 Å². The molecule has 0 aliphatic heterocycles. The van der Waals surface area contributed by atoms with Crippen molar-refractivity contribution < 1.29 is 4.74 Å². The predicted octanol–water partition coefficient (Wildman–Crippen LogP) is 3.71. The Balaban J connectivity index is 1.20. The van der Waals surface area contributed by atoms with Crippen molar-refractivity contribution in [3.8, 4) is 5.75 Å². The average Bonchev–Trinajstić information content (AvgIpc) is 3.46. The van der Waals surface area contributed by atoms with Gasteiger partial charge in [-0.25, -0.2) is 4.98 Å². The topological polar surface area (TPSA) is 103 Å². The number of nitrogen functional groups attached to an aromatic ring is 1. The summed E-state index contributed by atoms with van der Waals surface area (Å²) in [5, 5.41) is 11.8. The average molecular weight is 448 g/mol. The molecule has 8 nitrogen and oxygen atoms in total. The van der Waals surface area contributed by atoms with Gasteiger partial charge in [0.25, 0.3) is 0 Å². The highest BCUT2D eigenvalue weighted by molar-refractivity contribution is 5.86. The molecule has 3 aliphatic carbocycles. The summed E-state index contributed by atoms with van der Waals surface area (Å²) >= 11 is 0. The number of hydrogen-bond acceptors (Lipinski definition) is 7. The lowest BCUT2D eigenvalue weighted by molar-refractivity contribution is 0.180. The third-order valence-corrected chi connectivity index (χ3v) is 7.84. The number of hydrogen-bond donors (Lipinski definition) is 3. The van der Waals surface area contributed by atoms with Gasteiger partial charge < -0.3 is 21.1 Å². The number of anilines is 2. The molecule has 4 N–H and O–H groups in total. The summed E-state index contributed by atoms with van der Waals surface area (Å²) in [5.41, 5.74) is 10.7. The molecule has 8 heteroatoms. The lowest BCUT2D eigenvalue weighted by Gasteiger charge is -2.36. The molecular formula is C25H33N7O. The van der Waals surface area contributed by atoms with E-state index in [4.69, 9.17) is 10.5 Å². The van der Waals surface area contributed by atoms with Gasteiger partial charge in [0.2, 0.25) is 5.95 Å². The SMILES string of the molecule is COc1cc(CNC2CCC2)ccc1Cn1ncc2nc(N)nc(NCC3CC4(CC4)C3)c21. The summed E-state index contributed by atoms with van der Waals surface area (Å²) in [7, 11) is 1.73. The Morgan fingerprint density at radius 2 is 2.06 bits per heavy atom. The van der Waals surface area contributed by atoms with E-state index in [0.29, 0.717) is 18.0 Å². The van der Waals surface area contributed by atoms with Crippen LogP contribution in [0.4, 0.5) is 11.8 Å². The summed E-state index contributed by atoms with van der Waals surface area (Å²) in [6.07, 6.45) is 11.2. The Hall–Kier alpha value is -2.87. The molecule has 0 saturated heterocycles. The summed E-state index contributed by atoms with van der Waals surface area (Å²) < 4.78 is 7.68. The molecule has 0 amide bonds. The van der Waals surface area contributed by atoms with Crippen LogP contribution < -0.4 is 21.1 Å². The molecule has 0 bridgehead atoms. The second kappa shape index (κ2) is 8.17. The number of aromatic nitrogens is 4. The van der Waals surface area contributed by atoms with Crippen molar-refractivity contribution in [1.82, 2.24) is 25.1 Å². The van der Waals surface area contributed by atoms with Crippen LogP contribution in [0.15, 0.2) is 24.4 Å². The molecule has 3 saturated carbocycles. The van der Waals surface area contributed by atoms with Crippen molar-refractivity contribution in [1.29, 1.82) is 0 Å². The van der Waals surface area contributed by atoms with Crippen LogP contribution in [0.1, 0.15) is 56.1 Å². The summed E-state index contributed by atoms with van der Waals surface area (Å²) in [6.45, 7) is 2.37. The van der Waals surface area contributed by atoms with Crippen LogP contribution in [-0.2, 0) is 13.1 Å². The van der Waals surface area contributed by atoms with Crippen molar-refractivity contribution in [3.63, 3.8) is 0 Å². The van der Waals surface area contributed by atoms with Crippen molar-refractivity contribution >= 4 is 22.8 Å². The fraction of sp³-hybridized carbons (Fsp3) is 0.560. The van der Waals surface area contributed by atoms with E-state index in [-0.39, 0.29) is 5.95 Å². The molecule has 2 aromatic heterocycles. The number of nitrogens with zero attached hydrogens (tertiary/aromatic N) is 4. The second-order valence-electron chi connectivity index (χ2n) is 10.3. The zero-order valence-electron chi connectivity index (χ0n) is 19.3. The van der Waals surface area contributed by atoms with E-state index in [2.05, 4.69) is 43.9 Å². The predicted molar refractivity (Wildman–Crippen MR) is 129 cm³/mol. The largest absolute Gasteiger partial charge is 0.496 e. The number of fused-ring (bicyclic) bond motifs is 1. The monoisotopic (exact) mass is 447 g/mol. The lowest BCUT2D eigenvalue weighted by atomic mass is 9.72. The first kappa shape index (κ1) is 20.7. The minimum atomic E-state index is 0.276. The third-order valence-electron chi connectivity index (χ3n) is 7.84. The minimum Gasteiger partial charge on any atom is -0.496 e. The Labute approximate surface area is 194 Å². The number of methoxy groups -OCH3 is 1. The Kier molecular flexibility index (Phi) is 5.13. The maximum Gasteiger partial charge on any atom is 0.222 e. The van der Waals surface area contributed by atoms with Crippen LogP contribution in [0.25, 0.3) is 11.0 Å². The zero-order valence-corrected chi connectivity index (χ0v) is 19.3. The number of ether oxygens (including phenoxy) is 1. The number of nitrogens with one attached hydrogen (secondary N) is 2. The lowest BCUT2D eigenvalue weighted by Crippen LogP contribution is -2.34. The first-order valence-electron chi connectivity index (χ1n) is 12.2. The van der Waals surface area contributed by atoms with Gasteiger partial charge in [-0.05, 0) is 61.5 Å². The van der Waals surface area contributed by atoms with Gasteiger partial charge in [-0.15, -0.1) is 0 Å². The van der Waals surface area contributed by atoms with Gasteiger partial charge in [-0.1, -0.05) is 18.6 Å². The van der Waals surface area contributed by atoms with Crippen LogP contribution in [0.3, 0.4) is 0 Å². The summed E-state index contributed by atoms with van der Waals surface area (Å²) in [5.74, 6) is 2.64. The Morgan fingerprint density at radius 1 is 1.21 bits per heavy atom. The van der Waals surface area contributed by atoms with E-state index in [9.17, 15) is 0 Å². The van der Waals surface area contributed by atoms with E-state index < -0.39 is 0 Å². The quantitative estimate of drug-likeness (QED) is 0.459. The Bertz CT molecular complexity index is 1160. The molecule has 2 heterocycles. The summed E-state index contributed by atoms with van der Waals surface area (Å²) in [6, 6.07) is 7.11. The molecule has 33 heavy (non-hydrogen) atoms. The number of benzene rings is 1. The van der Waals surface area contributed by atoms with Crippen molar-refractivity contribution in [2.75, 3.05) is 24.7 Å². The molecule has 1 spiro atoms. The third kappa shape index (κ3) is 4.12. The Morgan fingerprint density at radius 3 is 2.79 bits per heavy atom. The standard InChI is InChI=1S/C25H33N7O/c1-33-21-9-16(12-27-19-3-2-4-19)5-6-18(21)15-32-22-20(14-29-32)30-24(26)31-23(22)28-13-17-10-25(11-17)7-8-25/h5-6,9,14,17,19,27H,2-4,7-8,10-13,15H2,1H3,(H3,26,28,30,31). The molecule has 3 aliphatic rings. The van der Waals surface area contributed by atoms with Crippen LogP contribution in [-0.4, -0.2) is 39.4 Å². The van der Waals surface area contributed by atoms with Crippen LogP contribution in [0.5, 0.6) is 5.75 Å². The second-order valence-corrected chi connectivity index (χ2v) is 10.3.